The molecule has 3 N–H and O–H groups in total. The molecular weight excluding hydrogens is 1310 g/mol. The van der Waals surface area contributed by atoms with Crippen LogP contribution in [0.4, 0.5) is 0 Å². The van der Waals surface area contributed by atoms with Crippen LogP contribution >= 0.6 is 15.6 Å². The fourth-order valence-corrected chi connectivity index (χ4v) is 14.1. The molecule has 0 spiro atoms. The second-order valence-electron chi connectivity index (χ2n) is 29.9. The van der Waals surface area contributed by atoms with E-state index in [1.54, 1.807) is 0 Å². The number of esters is 4. The highest BCUT2D eigenvalue weighted by molar-refractivity contribution is 7.47. The summed E-state index contributed by atoms with van der Waals surface area (Å²) in [6.45, 7) is 9.68. The molecule has 0 aromatic carbocycles. The normalized spacial score (nSPS) is 14.2. The molecule has 0 amide bonds. The molecule has 19 heteroatoms. The van der Waals surface area contributed by atoms with Crippen LogP contribution in [0, 0.1) is 11.8 Å². The highest BCUT2D eigenvalue weighted by atomic mass is 31.2. The molecule has 0 fully saturated rings. The summed E-state index contributed by atoms with van der Waals surface area (Å²) in [6.07, 6.45) is 62.2. The van der Waals surface area contributed by atoms with Gasteiger partial charge in [-0.15, -0.1) is 0 Å². The van der Waals surface area contributed by atoms with E-state index in [1.165, 1.54) is 244 Å². The van der Waals surface area contributed by atoms with Crippen LogP contribution in [0.2, 0.25) is 0 Å². The first-order chi connectivity index (χ1) is 48.4. The van der Waals surface area contributed by atoms with Gasteiger partial charge in [0.25, 0.3) is 0 Å². The van der Waals surface area contributed by atoms with Gasteiger partial charge in [-0.2, -0.15) is 0 Å². The Bertz CT molecular complexity index is 1930. The molecule has 17 nitrogen and oxygen atoms in total. The van der Waals surface area contributed by atoms with Crippen molar-refractivity contribution in [3.63, 3.8) is 0 Å². The first-order valence-corrected chi connectivity index (χ1v) is 45.0. The van der Waals surface area contributed by atoms with Crippen molar-refractivity contribution in [3.05, 3.63) is 0 Å². The van der Waals surface area contributed by atoms with Crippen molar-refractivity contribution in [1.29, 1.82) is 0 Å². The summed E-state index contributed by atoms with van der Waals surface area (Å²) >= 11 is 0. The summed E-state index contributed by atoms with van der Waals surface area (Å²) in [5, 5.41) is 10.6. The van der Waals surface area contributed by atoms with Gasteiger partial charge in [-0.3, -0.25) is 37.3 Å². The minimum Gasteiger partial charge on any atom is -0.462 e. The molecular formula is C81H158O17P2. The van der Waals surface area contributed by atoms with Crippen molar-refractivity contribution >= 4 is 39.5 Å². The van der Waals surface area contributed by atoms with E-state index in [2.05, 4.69) is 41.5 Å². The molecule has 0 saturated carbocycles. The second-order valence-corrected chi connectivity index (χ2v) is 32.8. The first kappa shape index (κ1) is 98.1. The van der Waals surface area contributed by atoms with Crippen LogP contribution in [-0.2, 0) is 65.4 Å². The van der Waals surface area contributed by atoms with Gasteiger partial charge in [0.05, 0.1) is 26.4 Å². The van der Waals surface area contributed by atoms with E-state index in [4.69, 9.17) is 37.0 Å². The van der Waals surface area contributed by atoms with Crippen molar-refractivity contribution in [3.8, 4) is 0 Å². The Hall–Kier alpha value is -1.94. The Morgan fingerprint density at radius 2 is 0.510 bits per heavy atom. The van der Waals surface area contributed by atoms with Gasteiger partial charge in [-0.05, 0) is 37.5 Å². The quantitative estimate of drug-likeness (QED) is 0.0222. The Labute approximate surface area is 613 Å². The zero-order valence-corrected chi connectivity index (χ0v) is 67.3. The van der Waals surface area contributed by atoms with Crippen LogP contribution in [0.1, 0.15) is 427 Å². The van der Waals surface area contributed by atoms with Crippen LogP contribution < -0.4 is 0 Å². The Balaban J connectivity index is 5.27. The minimum absolute atomic E-state index is 0.107. The number of aliphatic hydroxyl groups is 1. The van der Waals surface area contributed by atoms with Crippen LogP contribution in [0.15, 0.2) is 0 Å². The van der Waals surface area contributed by atoms with Crippen molar-refractivity contribution in [1.82, 2.24) is 0 Å². The van der Waals surface area contributed by atoms with E-state index in [0.29, 0.717) is 25.7 Å². The monoisotopic (exact) mass is 1470 g/mol. The molecule has 100 heavy (non-hydrogen) atoms. The predicted molar refractivity (Wildman–Crippen MR) is 409 cm³/mol. The van der Waals surface area contributed by atoms with Crippen molar-refractivity contribution in [2.24, 2.45) is 11.8 Å². The number of ether oxygens (including phenoxy) is 4. The summed E-state index contributed by atoms with van der Waals surface area (Å²) in [5.74, 6) is -0.521. The molecule has 0 rings (SSSR count). The summed E-state index contributed by atoms with van der Waals surface area (Å²) in [6, 6.07) is 0. The maximum Gasteiger partial charge on any atom is 0.472 e. The Kier molecular flexibility index (Phi) is 71.2. The van der Waals surface area contributed by atoms with Crippen LogP contribution in [0.5, 0.6) is 0 Å². The summed E-state index contributed by atoms with van der Waals surface area (Å²) in [7, 11) is -9.92. The molecule has 0 aromatic heterocycles. The van der Waals surface area contributed by atoms with Gasteiger partial charge in [0.1, 0.15) is 19.3 Å². The number of carbonyl (C=O) groups excluding carboxylic acids is 4. The average Bonchev–Trinajstić information content (AvgIpc) is 0.945. The number of unbranched alkanes of at least 4 members (excludes halogenated alkanes) is 49. The third kappa shape index (κ3) is 73.0. The zero-order valence-electron chi connectivity index (χ0n) is 65.5. The van der Waals surface area contributed by atoms with Gasteiger partial charge in [-0.25, -0.2) is 9.13 Å². The lowest BCUT2D eigenvalue weighted by Crippen LogP contribution is -2.30. The molecule has 0 aliphatic heterocycles. The first-order valence-electron chi connectivity index (χ1n) is 42.0. The van der Waals surface area contributed by atoms with Gasteiger partial charge in [0.15, 0.2) is 12.2 Å². The molecule has 0 aliphatic rings. The standard InChI is InChI=1S/C81H158O17P2/c1-7-10-12-14-16-18-20-22-23-24-25-26-28-34-41-47-53-59-65-80(85)97-76(69-92-79(84)64-58-52-46-40-33-30-29-31-37-43-49-55-61-73(4)5)71-95-99(87,88)93-67-75(82)68-94-100(89,90)96-72-77(70-91-78(83)63-57-51-45-39-32-27-21-19-17-15-13-11-8-2)98-81(86)66-60-54-48-42-36-35-38-44-50-56-62-74(6)9-3/h73-77,82H,7-72H2,1-6H3,(H,87,88)(H,89,90)/t74?,75-,76-,77-/m1/s1. The highest BCUT2D eigenvalue weighted by Gasteiger charge is 2.30. The lowest BCUT2D eigenvalue weighted by atomic mass is 9.99. The van der Waals surface area contributed by atoms with E-state index in [0.717, 1.165) is 102 Å². The average molecular weight is 1470 g/mol. The molecule has 594 valence electrons. The van der Waals surface area contributed by atoms with Crippen LogP contribution in [-0.4, -0.2) is 96.7 Å². The molecule has 0 radical (unpaired) electrons. The van der Waals surface area contributed by atoms with E-state index in [9.17, 15) is 43.2 Å². The number of hydrogen-bond acceptors (Lipinski definition) is 15. The van der Waals surface area contributed by atoms with Gasteiger partial charge >= 0.3 is 39.5 Å². The number of aliphatic hydroxyl groups excluding tert-OH is 1. The summed E-state index contributed by atoms with van der Waals surface area (Å²) in [4.78, 5) is 73.1. The summed E-state index contributed by atoms with van der Waals surface area (Å²) < 4.78 is 68.8. The summed E-state index contributed by atoms with van der Waals surface area (Å²) in [5.41, 5.74) is 0. The number of phosphoric acid groups is 2. The third-order valence-electron chi connectivity index (χ3n) is 19.3. The van der Waals surface area contributed by atoms with Gasteiger partial charge in [0.2, 0.25) is 0 Å². The lowest BCUT2D eigenvalue weighted by Gasteiger charge is -2.21. The minimum atomic E-state index is -4.96. The lowest BCUT2D eigenvalue weighted by molar-refractivity contribution is -0.161. The SMILES string of the molecule is CCCCCCCCCCCCCCCCCCCCC(=O)O[C@H](COC(=O)CCCCCCCCCCCCCCC(C)C)COP(=O)(O)OC[C@@H](O)COP(=O)(O)OC[C@@H](COC(=O)CCCCCCCCCCCCCCC)OC(=O)CCCCCCCCCCCCC(C)CC. The predicted octanol–water partition coefficient (Wildman–Crippen LogP) is 24.3. The molecule has 0 aromatic rings. The van der Waals surface area contributed by atoms with E-state index in [1.807, 2.05) is 0 Å². The topological polar surface area (TPSA) is 237 Å². The number of carbonyl (C=O) groups is 4. The maximum atomic E-state index is 13.1. The molecule has 0 aliphatic carbocycles. The van der Waals surface area contributed by atoms with Gasteiger partial charge < -0.3 is 33.8 Å². The van der Waals surface area contributed by atoms with Crippen molar-refractivity contribution < 1.29 is 80.2 Å². The van der Waals surface area contributed by atoms with Gasteiger partial charge in [-0.1, -0.05) is 375 Å². The van der Waals surface area contributed by atoms with E-state index < -0.39 is 97.5 Å². The number of rotatable bonds is 80. The fourth-order valence-electron chi connectivity index (χ4n) is 12.5. The largest absolute Gasteiger partial charge is 0.472 e. The van der Waals surface area contributed by atoms with E-state index in [-0.39, 0.29) is 25.7 Å². The number of phosphoric ester groups is 2. The van der Waals surface area contributed by atoms with Crippen molar-refractivity contribution in [2.45, 2.75) is 445 Å². The maximum absolute atomic E-state index is 13.1. The number of hydrogen-bond donors (Lipinski definition) is 3. The second kappa shape index (κ2) is 72.6. The van der Waals surface area contributed by atoms with Crippen LogP contribution in [0.3, 0.4) is 0 Å². The third-order valence-corrected chi connectivity index (χ3v) is 21.2. The molecule has 0 bridgehead atoms. The highest BCUT2D eigenvalue weighted by Crippen LogP contribution is 2.45. The van der Waals surface area contributed by atoms with Crippen molar-refractivity contribution in [2.75, 3.05) is 39.6 Å². The molecule has 0 heterocycles. The van der Waals surface area contributed by atoms with E-state index >= 15 is 0 Å². The molecule has 0 saturated heterocycles. The molecule has 3 unspecified atom stereocenters. The zero-order chi connectivity index (χ0) is 73.5. The van der Waals surface area contributed by atoms with Gasteiger partial charge in [0, 0.05) is 25.7 Å². The smallest absolute Gasteiger partial charge is 0.462 e. The Morgan fingerprint density at radius 1 is 0.290 bits per heavy atom. The van der Waals surface area contributed by atoms with Crippen LogP contribution in [0.25, 0.3) is 0 Å². The fraction of sp³-hybridized carbons (Fsp3) is 0.951. The molecule has 6 atom stereocenters. The Morgan fingerprint density at radius 3 is 0.760 bits per heavy atom.